The number of rotatable bonds is 5. The summed E-state index contributed by atoms with van der Waals surface area (Å²) in [5.41, 5.74) is 1.26. The van der Waals surface area contributed by atoms with E-state index in [2.05, 4.69) is 15.0 Å². The van der Waals surface area contributed by atoms with Crippen LogP contribution in [-0.4, -0.2) is 39.9 Å². The summed E-state index contributed by atoms with van der Waals surface area (Å²) in [5.74, 6) is -1.57. The summed E-state index contributed by atoms with van der Waals surface area (Å²) >= 11 is 0. The summed E-state index contributed by atoms with van der Waals surface area (Å²) in [6, 6.07) is 0.965. The van der Waals surface area contributed by atoms with Gasteiger partial charge in [-0.3, -0.25) is 35.1 Å². The molecular formula is C11H8N8O9. The van der Waals surface area contributed by atoms with E-state index in [0.29, 0.717) is 16.9 Å². The second-order valence-electron chi connectivity index (χ2n) is 4.85. The molecule has 0 amide bonds. The van der Waals surface area contributed by atoms with Crippen molar-refractivity contribution < 1.29 is 25.1 Å². The lowest BCUT2D eigenvalue weighted by molar-refractivity contribution is -0.404. The van der Waals surface area contributed by atoms with Gasteiger partial charge in [-0.15, -0.1) is 4.73 Å². The van der Waals surface area contributed by atoms with E-state index < -0.39 is 49.1 Å². The Morgan fingerprint density at radius 2 is 1.64 bits per heavy atom. The molecule has 0 fully saturated rings. The molecule has 146 valence electrons. The minimum absolute atomic E-state index is 0. The Balaban J connectivity index is 0.00000280. The average Bonchev–Trinajstić information content (AvgIpc) is 3.07. The standard InChI is InChI=1S/C11H6N8O8.H2O/c12-11-15-10(20)7-9(14-3-13-7)16(11)27-8-5(18(23)24)1-4(17(21)22)2-6(8)19(25)26;/h1-3H,(H,13,14)(H2,12,15,20);1H2. The maximum absolute atomic E-state index is 11.7. The quantitative estimate of drug-likeness (QED) is 0.407. The van der Waals surface area contributed by atoms with Gasteiger partial charge in [0.15, 0.2) is 5.52 Å². The predicted molar refractivity (Wildman–Crippen MR) is 88.6 cm³/mol. The number of fused-ring (bicyclic) bond motifs is 1. The minimum atomic E-state index is -1.11. The number of nitro groups is 3. The van der Waals surface area contributed by atoms with Gasteiger partial charge in [0.25, 0.3) is 5.69 Å². The first-order chi connectivity index (χ1) is 12.7. The van der Waals surface area contributed by atoms with E-state index in [4.69, 9.17) is 10.6 Å². The highest BCUT2D eigenvalue weighted by atomic mass is 16.7. The van der Waals surface area contributed by atoms with Crippen LogP contribution in [0.5, 0.6) is 5.75 Å². The van der Waals surface area contributed by atoms with Gasteiger partial charge in [0, 0.05) is 0 Å². The lowest BCUT2D eigenvalue weighted by atomic mass is 10.2. The number of hydrogen-bond acceptors (Lipinski definition) is 11. The molecular weight excluding hydrogens is 388 g/mol. The number of nitrogens with one attached hydrogen (secondary N) is 1. The third kappa shape index (κ3) is 3.10. The zero-order chi connectivity index (χ0) is 19.9. The SMILES string of the molecule is Nc1nc(=O)c2[nH]cnc2n1Oc1c([N+](=O)[O-])cc([N+](=O)[O-])cc1[N+](=O)[O-].O. The number of hydrogen-bond donors (Lipinski definition) is 2. The van der Waals surface area contributed by atoms with Crippen LogP contribution in [0.2, 0.25) is 0 Å². The zero-order valence-electron chi connectivity index (χ0n) is 13.3. The van der Waals surface area contributed by atoms with Crippen molar-refractivity contribution in [3.8, 4) is 5.75 Å². The molecule has 0 unspecified atom stereocenters. The Bertz CT molecular complexity index is 1150. The van der Waals surface area contributed by atoms with Gasteiger partial charge in [-0.1, -0.05) is 0 Å². The second-order valence-corrected chi connectivity index (χ2v) is 4.85. The van der Waals surface area contributed by atoms with Gasteiger partial charge in [0.05, 0.1) is 33.2 Å². The number of nitrogens with two attached hydrogens (primary N) is 1. The van der Waals surface area contributed by atoms with Gasteiger partial charge in [0.1, 0.15) is 0 Å². The molecule has 0 radical (unpaired) electrons. The normalized spacial score (nSPS) is 10.3. The van der Waals surface area contributed by atoms with Crippen LogP contribution in [0.3, 0.4) is 0 Å². The molecule has 28 heavy (non-hydrogen) atoms. The molecule has 2 aromatic heterocycles. The van der Waals surface area contributed by atoms with Crippen LogP contribution in [0.4, 0.5) is 23.0 Å². The smallest absolute Gasteiger partial charge is 0.328 e. The number of aromatic amines is 1. The van der Waals surface area contributed by atoms with E-state index in [1.54, 1.807) is 0 Å². The summed E-state index contributed by atoms with van der Waals surface area (Å²) in [4.78, 5) is 56.6. The maximum Gasteiger partial charge on any atom is 0.328 e. The van der Waals surface area contributed by atoms with E-state index >= 15 is 0 Å². The van der Waals surface area contributed by atoms with Crippen molar-refractivity contribution in [1.82, 2.24) is 19.7 Å². The Morgan fingerprint density at radius 3 is 2.14 bits per heavy atom. The largest absolute Gasteiger partial charge is 0.412 e. The zero-order valence-corrected chi connectivity index (χ0v) is 13.3. The Labute approximate surface area is 150 Å². The number of nitro benzene ring substituents is 3. The van der Waals surface area contributed by atoms with Crippen molar-refractivity contribution in [3.63, 3.8) is 0 Å². The Hall–Kier alpha value is -4.67. The summed E-state index contributed by atoms with van der Waals surface area (Å²) in [6.07, 6.45) is 1.08. The van der Waals surface area contributed by atoms with E-state index in [-0.39, 0.29) is 16.6 Å². The lowest BCUT2D eigenvalue weighted by Gasteiger charge is -2.11. The fourth-order valence-corrected chi connectivity index (χ4v) is 2.15. The molecule has 0 spiro atoms. The maximum atomic E-state index is 11.7. The molecule has 17 nitrogen and oxygen atoms in total. The van der Waals surface area contributed by atoms with Crippen molar-refractivity contribution in [1.29, 1.82) is 0 Å². The van der Waals surface area contributed by atoms with Crippen LogP contribution in [0.1, 0.15) is 0 Å². The predicted octanol–water partition coefficient (Wildman–Crippen LogP) is -0.556. The first kappa shape index (κ1) is 19.7. The van der Waals surface area contributed by atoms with Crippen LogP contribution in [0.25, 0.3) is 11.2 Å². The summed E-state index contributed by atoms with van der Waals surface area (Å²) in [5, 5.41) is 33.4. The molecule has 5 N–H and O–H groups in total. The number of imidazole rings is 1. The molecule has 0 saturated carbocycles. The lowest BCUT2D eigenvalue weighted by Crippen LogP contribution is -2.21. The minimum Gasteiger partial charge on any atom is -0.412 e. The monoisotopic (exact) mass is 396 g/mol. The van der Waals surface area contributed by atoms with Crippen molar-refractivity contribution in [2.75, 3.05) is 5.73 Å². The van der Waals surface area contributed by atoms with E-state index in [1.165, 1.54) is 0 Å². The average molecular weight is 396 g/mol. The molecule has 0 aliphatic carbocycles. The third-order valence-corrected chi connectivity index (χ3v) is 3.27. The number of anilines is 1. The number of non-ortho nitro benzene ring substituents is 1. The summed E-state index contributed by atoms with van der Waals surface area (Å²) in [7, 11) is 0. The fourth-order valence-electron chi connectivity index (χ4n) is 2.15. The summed E-state index contributed by atoms with van der Waals surface area (Å²) < 4.78 is 0.550. The molecule has 0 bridgehead atoms. The van der Waals surface area contributed by atoms with Gasteiger partial charge < -0.3 is 21.0 Å². The van der Waals surface area contributed by atoms with Gasteiger partial charge >= 0.3 is 22.7 Å². The molecule has 0 aliphatic rings. The van der Waals surface area contributed by atoms with Crippen LogP contribution < -0.4 is 16.1 Å². The first-order valence-electron chi connectivity index (χ1n) is 6.72. The van der Waals surface area contributed by atoms with Crippen molar-refractivity contribution in [2.24, 2.45) is 0 Å². The topological polar surface area (TPSA) is 260 Å². The number of benzene rings is 1. The van der Waals surface area contributed by atoms with Gasteiger partial charge in [-0.05, 0) is 0 Å². The van der Waals surface area contributed by atoms with E-state index in [0.717, 1.165) is 6.33 Å². The van der Waals surface area contributed by atoms with Crippen molar-refractivity contribution >= 4 is 34.2 Å². The fraction of sp³-hybridized carbons (Fsp3) is 0. The summed E-state index contributed by atoms with van der Waals surface area (Å²) in [6.45, 7) is 0. The number of nitrogen functional groups attached to an aromatic ring is 1. The molecule has 3 rings (SSSR count). The van der Waals surface area contributed by atoms with Gasteiger partial charge in [-0.2, -0.15) is 4.98 Å². The molecule has 17 heteroatoms. The highest BCUT2D eigenvalue weighted by Gasteiger charge is 2.34. The second kappa shape index (κ2) is 6.92. The highest BCUT2D eigenvalue weighted by Crippen LogP contribution is 2.41. The Morgan fingerprint density at radius 1 is 1.07 bits per heavy atom. The van der Waals surface area contributed by atoms with Gasteiger partial charge in [-0.25, -0.2) is 4.98 Å². The van der Waals surface area contributed by atoms with Crippen LogP contribution in [-0.2, 0) is 0 Å². The van der Waals surface area contributed by atoms with E-state index in [9.17, 15) is 35.1 Å². The number of aromatic nitrogens is 4. The molecule has 1 aromatic carbocycles. The molecule has 3 aromatic rings. The van der Waals surface area contributed by atoms with E-state index in [1.807, 2.05) is 0 Å². The third-order valence-electron chi connectivity index (χ3n) is 3.27. The molecule has 0 atom stereocenters. The highest BCUT2D eigenvalue weighted by molar-refractivity contribution is 5.71. The van der Waals surface area contributed by atoms with Crippen molar-refractivity contribution in [2.45, 2.75) is 0 Å². The van der Waals surface area contributed by atoms with Crippen LogP contribution in [0, 0.1) is 30.3 Å². The number of H-pyrrole nitrogens is 1. The number of nitrogens with zero attached hydrogens (tertiary/aromatic N) is 6. The Kier molecular flexibility index (Phi) is 4.85. The van der Waals surface area contributed by atoms with Crippen molar-refractivity contribution in [3.05, 3.63) is 59.2 Å². The molecule has 0 aliphatic heterocycles. The molecule has 0 saturated heterocycles. The molecule has 2 heterocycles. The first-order valence-corrected chi connectivity index (χ1v) is 6.72. The van der Waals surface area contributed by atoms with Gasteiger partial charge in [0.2, 0.25) is 11.6 Å². The van der Waals surface area contributed by atoms with Crippen LogP contribution in [0.15, 0.2) is 23.3 Å². The van der Waals surface area contributed by atoms with Crippen LogP contribution >= 0.6 is 0 Å².